The van der Waals surface area contributed by atoms with E-state index < -0.39 is 5.97 Å². The van der Waals surface area contributed by atoms with E-state index in [1.807, 2.05) is 16.8 Å². The van der Waals surface area contributed by atoms with Crippen LogP contribution >= 0.6 is 0 Å². The molecule has 4 heterocycles. The third-order valence-electron chi connectivity index (χ3n) is 5.29. The second-order valence-corrected chi connectivity index (χ2v) is 7.20. The van der Waals surface area contributed by atoms with Gasteiger partial charge in [0.1, 0.15) is 11.5 Å². The predicted molar refractivity (Wildman–Crippen MR) is 101 cm³/mol. The first-order valence-electron chi connectivity index (χ1n) is 9.53. The number of aryl methyl sites for hydroxylation is 3. The van der Waals surface area contributed by atoms with Crippen molar-refractivity contribution in [1.82, 2.24) is 14.5 Å². The summed E-state index contributed by atoms with van der Waals surface area (Å²) in [5.74, 6) is 0.0560. The van der Waals surface area contributed by atoms with Crippen LogP contribution in [0.25, 0.3) is 0 Å². The molecule has 7 heteroatoms. The van der Waals surface area contributed by atoms with Gasteiger partial charge in [-0.15, -0.1) is 0 Å². The molecule has 0 aliphatic carbocycles. The normalized spacial score (nSPS) is 15.9. The summed E-state index contributed by atoms with van der Waals surface area (Å²) < 4.78 is 1.98. The number of hydrogen-bond donors (Lipinski definition) is 2. The maximum atomic E-state index is 12.6. The average molecular weight is 368 g/mol. The number of carboxylic acid groups (broad SMARTS) is 1. The van der Waals surface area contributed by atoms with Gasteiger partial charge in [0.05, 0.1) is 6.42 Å². The number of aromatic nitrogens is 2. The molecule has 2 aromatic rings. The lowest BCUT2D eigenvalue weighted by atomic mass is 10.1. The van der Waals surface area contributed by atoms with Gasteiger partial charge in [-0.2, -0.15) is 0 Å². The van der Waals surface area contributed by atoms with Gasteiger partial charge in [0.15, 0.2) is 0 Å². The molecule has 2 aromatic heterocycles. The zero-order valence-electron chi connectivity index (χ0n) is 15.3. The molecule has 0 fully saturated rings. The van der Waals surface area contributed by atoms with Crippen LogP contribution in [0.4, 0.5) is 5.82 Å². The number of fused-ring (bicyclic) bond motifs is 2. The van der Waals surface area contributed by atoms with Gasteiger partial charge < -0.3 is 19.9 Å². The number of rotatable bonds is 6. The maximum absolute atomic E-state index is 12.6. The van der Waals surface area contributed by atoms with Crippen molar-refractivity contribution in [2.75, 3.05) is 25.0 Å². The number of carbonyl (C=O) groups excluding carboxylic acids is 1. The molecule has 0 unspecified atom stereocenters. The molecule has 0 atom stereocenters. The summed E-state index contributed by atoms with van der Waals surface area (Å²) in [5.41, 5.74) is 4.12. The summed E-state index contributed by atoms with van der Waals surface area (Å²) >= 11 is 0. The quantitative estimate of drug-likeness (QED) is 0.814. The number of aliphatic carboxylic acids is 1. The average Bonchev–Trinajstić information content (AvgIpc) is 3.09. The van der Waals surface area contributed by atoms with Gasteiger partial charge in [0.25, 0.3) is 5.91 Å². The molecule has 0 saturated carbocycles. The van der Waals surface area contributed by atoms with E-state index in [1.54, 1.807) is 4.90 Å². The molecule has 27 heavy (non-hydrogen) atoms. The fourth-order valence-electron chi connectivity index (χ4n) is 3.79. The van der Waals surface area contributed by atoms with Gasteiger partial charge in [-0.1, -0.05) is 6.07 Å². The largest absolute Gasteiger partial charge is 0.481 e. The van der Waals surface area contributed by atoms with Crippen LogP contribution in [0.5, 0.6) is 0 Å². The number of carbonyl (C=O) groups is 2. The SMILES string of the molecule is O=C(O)CCN1CCn2cc(CCc3ccc4c(n3)NCCC4)cc2C1=O. The van der Waals surface area contributed by atoms with E-state index in [1.165, 1.54) is 5.56 Å². The van der Waals surface area contributed by atoms with E-state index in [0.717, 1.165) is 49.3 Å². The molecule has 142 valence electrons. The second-order valence-electron chi connectivity index (χ2n) is 7.20. The van der Waals surface area contributed by atoms with Gasteiger partial charge in [-0.3, -0.25) is 9.59 Å². The van der Waals surface area contributed by atoms with Crippen LogP contribution in [0, 0.1) is 0 Å². The highest BCUT2D eigenvalue weighted by molar-refractivity contribution is 5.93. The Hall–Kier alpha value is -2.83. The number of hydrogen-bond acceptors (Lipinski definition) is 4. The Morgan fingerprint density at radius 1 is 1.26 bits per heavy atom. The van der Waals surface area contributed by atoms with Crippen LogP contribution in [0.15, 0.2) is 24.4 Å². The smallest absolute Gasteiger partial charge is 0.305 e. The van der Waals surface area contributed by atoms with Crippen LogP contribution in [0.1, 0.15) is 40.2 Å². The lowest BCUT2D eigenvalue weighted by Gasteiger charge is -2.27. The highest BCUT2D eigenvalue weighted by Crippen LogP contribution is 2.21. The zero-order chi connectivity index (χ0) is 18.8. The van der Waals surface area contributed by atoms with Gasteiger partial charge in [-0.05, 0) is 48.9 Å². The zero-order valence-corrected chi connectivity index (χ0v) is 15.3. The summed E-state index contributed by atoms with van der Waals surface area (Å²) in [7, 11) is 0. The minimum Gasteiger partial charge on any atom is -0.481 e. The highest BCUT2D eigenvalue weighted by atomic mass is 16.4. The Kier molecular flexibility index (Phi) is 4.83. The summed E-state index contributed by atoms with van der Waals surface area (Å²) in [5, 5.41) is 12.2. The van der Waals surface area contributed by atoms with Crippen LogP contribution in [-0.4, -0.2) is 51.1 Å². The number of nitrogens with one attached hydrogen (secondary N) is 1. The Morgan fingerprint density at radius 3 is 3.00 bits per heavy atom. The van der Waals surface area contributed by atoms with Crippen molar-refractivity contribution in [2.45, 2.75) is 38.6 Å². The van der Waals surface area contributed by atoms with Crippen molar-refractivity contribution in [2.24, 2.45) is 0 Å². The van der Waals surface area contributed by atoms with Crippen molar-refractivity contribution in [3.05, 3.63) is 46.9 Å². The first-order chi connectivity index (χ1) is 13.1. The van der Waals surface area contributed by atoms with E-state index >= 15 is 0 Å². The van der Waals surface area contributed by atoms with Crippen molar-refractivity contribution >= 4 is 17.7 Å². The van der Waals surface area contributed by atoms with Crippen molar-refractivity contribution in [1.29, 1.82) is 0 Å². The predicted octanol–water partition coefficient (Wildman–Crippen LogP) is 1.96. The number of carboxylic acids is 1. The van der Waals surface area contributed by atoms with Gasteiger partial charge >= 0.3 is 5.97 Å². The van der Waals surface area contributed by atoms with E-state index in [4.69, 9.17) is 10.1 Å². The minimum atomic E-state index is -0.878. The summed E-state index contributed by atoms with van der Waals surface area (Å²) in [6.45, 7) is 2.52. The molecule has 0 saturated heterocycles. The molecule has 1 amide bonds. The van der Waals surface area contributed by atoms with Crippen molar-refractivity contribution in [3.8, 4) is 0 Å². The number of anilines is 1. The summed E-state index contributed by atoms with van der Waals surface area (Å²) in [6, 6.07) is 6.20. The number of pyridine rings is 1. The molecule has 2 aliphatic rings. The van der Waals surface area contributed by atoms with E-state index in [2.05, 4.69) is 17.4 Å². The number of nitrogens with zero attached hydrogens (tertiary/aromatic N) is 3. The summed E-state index contributed by atoms with van der Waals surface area (Å²) in [4.78, 5) is 29.7. The van der Waals surface area contributed by atoms with Crippen LogP contribution in [-0.2, 0) is 30.6 Å². The van der Waals surface area contributed by atoms with Crippen LogP contribution in [0.2, 0.25) is 0 Å². The fourth-order valence-corrected chi connectivity index (χ4v) is 3.79. The van der Waals surface area contributed by atoms with Crippen LogP contribution in [0.3, 0.4) is 0 Å². The lowest BCUT2D eigenvalue weighted by molar-refractivity contribution is -0.137. The highest BCUT2D eigenvalue weighted by Gasteiger charge is 2.25. The molecular weight excluding hydrogens is 344 g/mol. The Balaban J connectivity index is 1.41. The first-order valence-corrected chi connectivity index (χ1v) is 9.53. The molecule has 2 aliphatic heterocycles. The molecule has 0 radical (unpaired) electrons. The molecule has 0 spiro atoms. The van der Waals surface area contributed by atoms with Gasteiger partial charge in [-0.25, -0.2) is 4.98 Å². The topological polar surface area (TPSA) is 87.5 Å². The molecule has 0 bridgehead atoms. The van der Waals surface area contributed by atoms with Crippen molar-refractivity contribution in [3.63, 3.8) is 0 Å². The minimum absolute atomic E-state index is 0.0165. The van der Waals surface area contributed by atoms with E-state index in [-0.39, 0.29) is 18.9 Å². The Labute approximate surface area is 158 Å². The number of amides is 1. The maximum Gasteiger partial charge on any atom is 0.305 e. The standard InChI is InChI=1S/C20H24N4O3/c25-18(26)7-9-23-10-11-24-13-14(12-17(24)20(23)27)3-5-16-6-4-15-2-1-8-21-19(15)22-16/h4,6,12-13H,1-3,5,7-11H2,(H,21,22)(H,25,26). The van der Waals surface area contributed by atoms with Gasteiger partial charge in [0.2, 0.25) is 0 Å². The third-order valence-corrected chi connectivity index (χ3v) is 5.29. The summed E-state index contributed by atoms with van der Waals surface area (Å²) in [6.07, 6.45) is 5.92. The molecule has 4 rings (SSSR count). The second kappa shape index (κ2) is 7.42. The molecule has 7 nitrogen and oxygen atoms in total. The van der Waals surface area contributed by atoms with Crippen molar-refractivity contribution < 1.29 is 14.7 Å². The molecule has 0 aromatic carbocycles. The monoisotopic (exact) mass is 368 g/mol. The molecular formula is C20H24N4O3. The fraction of sp³-hybridized carbons (Fsp3) is 0.450. The van der Waals surface area contributed by atoms with Crippen LogP contribution < -0.4 is 5.32 Å². The molecule has 2 N–H and O–H groups in total. The Bertz CT molecular complexity index is 874. The Morgan fingerprint density at radius 2 is 2.15 bits per heavy atom. The van der Waals surface area contributed by atoms with E-state index in [0.29, 0.717) is 18.8 Å². The van der Waals surface area contributed by atoms with Gasteiger partial charge in [0, 0.05) is 38.1 Å². The van der Waals surface area contributed by atoms with E-state index in [9.17, 15) is 9.59 Å². The first kappa shape index (κ1) is 17.6. The lowest BCUT2D eigenvalue weighted by Crippen LogP contribution is -2.40. The third kappa shape index (κ3) is 3.82.